The van der Waals surface area contributed by atoms with Crippen LogP contribution in [0.3, 0.4) is 0 Å². The predicted octanol–water partition coefficient (Wildman–Crippen LogP) is 0.0616. The normalized spacial score (nSPS) is 17.8. The van der Waals surface area contributed by atoms with Gasteiger partial charge in [0.15, 0.2) is 0 Å². The SMILES string of the molecule is CC(=O)Nc1ccc(NC(=O)C[C@H]2NCCNC2=O)cc1. The van der Waals surface area contributed by atoms with E-state index in [2.05, 4.69) is 21.3 Å². The number of carbonyl (C=O) groups is 3. The Balaban J connectivity index is 1.87. The molecule has 1 fully saturated rings. The Morgan fingerprint density at radius 1 is 1.14 bits per heavy atom. The molecule has 0 radical (unpaired) electrons. The Labute approximate surface area is 122 Å². The molecule has 0 saturated carbocycles. The Morgan fingerprint density at radius 2 is 1.76 bits per heavy atom. The zero-order chi connectivity index (χ0) is 15.2. The summed E-state index contributed by atoms with van der Waals surface area (Å²) in [5.41, 5.74) is 1.28. The molecule has 4 N–H and O–H groups in total. The molecular weight excluding hydrogens is 272 g/mol. The molecule has 1 aromatic carbocycles. The number of hydrogen-bond acceptors (Lipinski definition) is 4. The number of amides is 3. The first-order valence-corrected chi connectivity index (χ1v) is 6.73. The third kappa shape index (κ3) is 4.57. The van der Waals surface area contributed by atoms with E-state index in [1.807, 2.05) is 0 Å². The van der Waals surface area contributed by atoms with Crippen molar-refractivity contribution in [2.75, 3.05) is 23.7 Å². The van der Waals surface area contributed by atoms with Crippen LogP contribution in [-0.4, -0.2) is 36.9 Å². The average Bonchev–Trinajstić information content (AvgIpc) is 2.43. The molecule has 1 heterocycles. The van der Waals surface area contributed by atoms with Gasteiger partial charge in [-0.25, -0.2) is 0 Å². The van der Waals surface area contributed by atoms with Gasteiger partial charge in [0.25, 0.3) is 0 Å². The molecule has 21 heavy (non-hydrogen) atoms. The fourth-order valence-electron chi connectivity index (χ4n) is 2.05. The van der Waals surface area contributed by atoms with Crippen LogP contribution in [0.15, 0.2) is 24.3 Å². The van der Waals surface area contributed by atoms with Crippen LogP contribution in [0.1, 0.15) is 13.3 Å². The third-order valence-electron chi connectivity index (χ3n) is 3.01. The maximum Gasteiger partial charge on any atom is 0.237 e. The minimum Gasteiger partial charge on any atom is -0.353 e. The topological polar surface area (TPSA) is 99.3 Å². The lowest BCUT2D eigenvalue weighted by Crippen LogP contribution is -2.53. The number of piperazine rings is 1. The number of hydrogen-bond donors (Lipinski definition) is 4. The van der Waals surface area contributed by atoms with Crippen molar-refractivity contribution in [1.82, 2.24) is 10.6 Å². The van der Waals surface area contributed by atoms with Crippen LogP contribution in [0.25, 0.3) is 0 Å². The number of carbonyl (C=O) groups excluding carboxylic acids is 3. The standard InChI is InChI=1S/C14H18N4O3/c1-9(19)17-10-2-4-11(5-3-10)18-13(20)8-12-14(21)16-7-6-15-12/h2-5,12,15H,6-8H2,1H3,(H,16,21)(H,17,19)(H,18,20)/t12-/m1/s1. The summed E-state index contributed by atoms with van der Waals surface area (Å²) in [5.74, 6) is -0.546. The molecule has 3 amide bonds. The van der Waals surface area contributed by atoms with Crippen LogP contribution in [0.5, 0.6) is 0 Å². The second-order valence-corrected chi connectivity index (χ2v) is 4.81. The van der Waals surface area contributed by atoms with Crippen molar-refractivity contribution in [1.29, 1.82) is 0 Å². The Bertz CT molecular complexity index is 542. The second kappa shape index (κ2) is 6.85. The van der Waals surface area contributed by atoms with Crippen LogP contribution in [0.4, 0.5) is 11.4 Å². The highest BCUT2D eigenvalue weighted by atomic mass is 16.2. The first-order chi connectivity index (χ1) is 10.0. The van der Waals surface area contributed by atoms with E-state index in [0.717, 1.165) is 0 Å². The number of anilines is 2. The summed E-state index contributed by atoms with van der Waals surface area (Å²) in [6.07, 6.45) is 0.0826. The molecule has 2 rings (SSSR count). The summed E-state index contributed by atoms with van der Waals surface area (Å²) < 4.78 is 0. The third-order valence-corrected chi connectivity index (χ3v) is 3.01. The van der Waals surface area contributed by atoms with Gasteiger partial charge in [-0.2, -0.15) is 0 Å². The van der Waals surface area contributed by atoms with Crippen LogP contribution in [-0.2, 0) is 14.4 Å². The fraction of sp³-hybridized carbons (Fsp3) is 0.357. The molecule has 1 aliphatic rings. The molecule has 0 aromatic heterocycles. The van der Waals surface area contributed by atoms with Crippen molar-refractivity contribution in [3.05, 3.63) is 24.3 Å². The zero-order valence-corrected chi connectivity index (χ0v) is 11.7. The molecule has 1 aliphatic heterocycles. The van der Waals surface area contributed by atoms with E-state index in [4.69, 9.17) is 0 Å². The highest BCUT2D eigenvalue weighted by Gasteiger charge is 2.23. The van der Waals surface area contributed by atoms with Crippen LogP contribution in [0.2, 0.25) is 0 Å². The highest BCUT2D eigenvalue weighted by molar-refractivity contribution is 5.96. The smallest absolute Gasteiger partial charge is 0.237 e. The van der Waals surface area contributed by atoms with Crippen molar-refractivity contribution < 1.29 is 14.4 Å². The Kier molecular flexibility index (Phi) is 4.89. The quantitative estimate of drug-likeness (QED) is 0.630. The van der Waals surface area contributed by atoms with Gasteiger partial charge in [0.05, 0.1) is 12.5 Å². The van der Waals surface area contributed by atoms with E-state index in [-0.39, 0.29) is 24.1 Å². The van der Waals surface area contributed by atoms with E-state index in [0.29, 0.717) is 24.5 Å². The van der Waals surface area contributed by atoms with Gasteiger partial charge in [0, 0.05) is 31.4 Å². The fourth-order valence-corrected chi connectivity index (χ4v) is 2.05. The number of benzene rings is 1. The van der Waals surface area contributed by atoms with E-state index in [1.54, 1.807) is 24.3 Å². The lowest BCUT2D eigenvalue weighted by Gasteiger charge is -2.22. The molecule has 1 atom stereocenters. The van der Waals surface area contributed by atoms with E-state index in [1.165, 1.54) is 6.92 Å². The maximum absolute atomic E-state index is 11.9. The van der Waals surface area contributed by atoms with E-state index < -0.39 is 6.04 Å². The Morgan fingerprint density at radius 3 is 2.33 bits per heavy atom. The van der Waals surface area contributed by atoms with Gasteiger partial charge < -0.3 is 21.3 Å². The highest BCUT2D eigenvalue weighted by Crippen LogP contribution is 2.14. The lowest BCUT2D eigenvalue weighted by molar-refractivity contribution is -0.127. The summed E-state index contributed by atoms with van der Waals surface area (Å²) in [4.78, 5) is 34.3. The van der Waals surface area contributed by atoms with Crippen LogP contribution >= 0.6 is 0 Å². The van der Waals surface area contributed by atoms with Crippen molar-refractivity contribution in [2.45, 2.75) is 19.4 Å². The number of nitrogens with one attached hydrogen (secondary N) is 4. The Hall–Kier alpha value is -2.41. The van der Waals surface area contributed by atoms with Crippen LogP contribution in [0, 0.1) is 0 Å². The minimum atomic E-state index is -0.489. The van der Waals surface area contributed by atoms with Crippen molar-refractivity contribution in [3.63, 3.8) is 0 Å². The number of rotatable bonds is 4. The molecule has 7 nitrogen and oxygen atoms in total. The monoisotopic (exact) mass is 290 g/mol. The van der Waals surface area contributed by atoms with Crippen molar-refractivity contribution in [3.8, 4) is 0 Å². The van der Waals surface area contributed by atoms with Crippen molar-refractivity contribution in [2.24, 2.45) is 0 Å². The van der Waals surface area contributed by atoms with Gasteiger partial charge in [0.1, 0.15) is 0 Å². The molecule has 1 aromatic rings. The van der Waals surface area contributed by atoms with Gasteiger partial charge in [-0.05, 0) is 24.3 Å². The largest absolute Gasteiger partial charge is 0.353 e. The average molecular weight is 290 g/mol. The molecule has 1 saturated heterocycles. The summed E-state index contributed by atoms with van der Waals surface area (Å²) in [6, 6.07) is 6.29. The first-order valence-electron chi connectivity index (χ1n) is 6.73. The van der Waals surface area contributed by atoms with Gasteiger partial charge in [-0.3, -0.25) is 14.4 Å². The molecule has 0 spiro atoms. The second-order valence-electron chi connectivity index (χ2n) is 4.81. The summed E-state index contributed by atoms with van der Waals surface area (Å²) in [5, 5.41) is 11.1. The molecule has 7 heteroatoms. The summed E-state index contributed by atoms with van der Waals surface area (Å²) >= 11 is 0. The molecule has 0 unspecified atom stereocenters. The zero-order valence-electron chi connectivity index (χ0n) is 11.7. The predicted molar refractivity (Wildman–Crippen MR) is 78.8 cm³/mol. The lowest BCUT2D eigenvalue weighted by atomic mass is 10.1. The maximum atomic E-state index is 11.9. The van der Waals surface area contributed by atoms with E-state index >= 15 is 0 Å². The molecule has 0 bridgehead atoms. The summed E-state index contributed by atoms with van der Waals surface area (Å²) in [6.45, 7) is 2.68. The van der Waals surface area contributed by atoms with Gasteiger partial charge in [-0.1, -0.05) is 0 Å². The van der Waals surface area contributed by atoms with Crippen LogP contribution < -0.4 is 21.3 Å². The minimum absolute atomic E-state index is 0.0826. The van der Waals surface area contributed by atoms with Crippen molar-refractivity contribution >= 4 is 29.1 Å². The molecular formula is C14H18N4O3. The van der Waals surface area contributed by atoms with Gasteiger partial charge in [0.2, 0.25) is 17.7 Å². The summed E-state index contributed by atoms with van der Waals surface area (Å²) in [7, 11) is 0. The van der Waals surface area contributed by atoms with Gasteiger partial charge >= 0.3 is 0 Å². The van der Waals surface area contributed by atoms with E-state index in [9.17, 15) is 14.4 Å². The first kappa shape index (κ1) is 15.0. The van der Waals surface area contributed by atoms with Gasteiger partial charge in [-0.15, -0.1) is 0 Å². The molecule has 112 valence electrons. The molecule has 0 aliphatic carbocycles.